The fourth-order valence-electron chi connectivity index (χ4n) is 3.42. The molecule has 1 aliphatic heterocycles. The lowest BCUT2D eigenvalue weighted by Crippen LogP contribution is -2.32. The third-order valence-electron chi connectivity index (χ3n) is 4.79. The van der Waals surface area contributed by atoms with Crippen molar-refractivity contribution in [3.8, 4) is 11.8 Å². The van der Waals surface area contributed by atoms with Crippen LogP contribution in [0, 0.1) is 17.3 Å². The van der Waals surface area contributed by atoms with Gasteiger partial charge in [-0.15, -0.1) is 11.3 Å². The van der Waals surface area contributed by atoms with Gasteiger partial charge in [0, 0.05) is 18.1 Å². The highest BCUT2D eigenvalue weighted by Crippen LogP contribution is 2.31. The second-order valence-corrected chi connectivity index (χ2v) is 9.45. The molecule has 3 rings (SSSR count). The second kappa shape index (κ2) is 8.64. The van der Waals surface area contributed by atoms with Gasteiger partial charge in [0.15, 0.2) is 0 Å². The third kappa shape index (κ3) is 5.97. The highest BCUT2D eigenvalue weighted by molar-refractivity contribution is 7.15. The molecular weight excluding hydrogens is 362 g/mol. The molecule has 0 amide bonds. The normalized spacial score (nSPS) is 25.7. The molecule has 6 heteroatoms. The van der Waals surface area contributed by atoms with Crippen molar-refractivity contribution in [3.05, 3.63) is 15.8 Å². The van der Waals surface area contributed by atoms with Gasteiger partial charge in [-0.1, -0.05) is 11.8 Å². The number of carboxylic acids is 1. The molecule has 1 saturated heterocycles. The van der Waals surface area contributed by atoms with Gasteiger partial charge in [-0.05, 0) is 58.9 Å². The van der Waals surface area contributed by atoms with Gasteiger partial charge in [-0.25, -0.2) is 4.79 Å². The minimum absolute atomic E-state index is 0.107. The van der Waals surface area contributed by atoms with Gasteiger partial charge in [0.1, 0.15) is 4.88 Å². The predicted molar refractivity (Wildman–Crippen MR) is 108 cm³/mol. The average Bonchev–Trinajstić information content (AvgIpc) is 3.24. The van der Waals surface area contributed by atoms with Crippen LogP contribution in [0.5, 0.6) is 0 Å². The van der Waals surface area contributed by atoms with Gasteiger partial charge in [-0.3, -0.25) is 0 Å². The Kier molecular flexibility index (Phi) is 6.46. The zero-order chi connectivity index (χ0) is 19.4. The quantitative estimate of drug-likeness (QED) is 0.730. The second-order valence-electron chi connectivity index (χ2n) is 8.40. The number of ether oxygens (including phenoxy) is 2. The lowest BCUT2D eigenvalue weighted by Gasteiger charge is -2.31. The first-order valence-corrected chi connectivity index (χ1v) is 10.5. The molecule has 0 spiro atoms. The molecule has 5 nitrogen and oxygen atoms in total. The van der Waals surface area contributed by atoms with Crippen LogP contribution in [-0.4, -0.2) is 42.5 Å². The van der Waals surface area contributed by atoms with Gasteiger partial charge in [0.05, 0.1) is 29.4 Å². The molecule has 1 aromatic heterocycles. The predicted octanol–water partition coefficient (Wildman–Crippen LogP) is 4.37. The van der Waals surface area contributed by atoms with E-state index < -0.39 is 5.97 Å². The summed E-state index contributed by atoms with van der Waals surface area (Å²) in [5.74, 6) is 5.39. The fraction of sp³-hybridized carbons (Fsp3) is 0.667. The summed E-state index contributed by atoms with van der Waals surface area (Å²) in [5, 5.41) is 13.0. The zero-order valence-corrected chi connectivity index (χ0v) is 17.2. The number of anilines is 1. The number of thiophene rings is 1. The summed E-state index contributed by atoms with van der Waals surface area (Å²) in [7, 11) is 0. The Labute approximate surface area is 165 Å². The Hall–Kier alpha value is -1.55. The van der Waals surface area contributed by atoms with Crippen molar-refractivity contribution in [2.45, 2.75) is 71.1 Å². The Morgan fingerprint density at radius 2 is 2.00 bits per heavy atom. The van der Waals surface area contributed by atoms with Crippen molar-refractivity contribution in [3.63, 3.8) is 0 Å². The minimum Gasteiger partial charge on any atom is -0.477 e. The summed E-state index contributed by atoms with van der Waals surface area (Å²) in [4.78, 5) is 12.8. The summed E-state index contributed by atoms with van der Waals surface area (Å²) < 4.78 is 11.5. The van der Waals surface area contributed by atoms with Crippen LogP contribution in [0.3, 0.4) is 0 Å². The maximum absolute atomic E-state index is 11.6. The van der Waals surface area contributed by atoms with E-state index in [1.807, 2.05) is 26.8 Å². The van der Waals surface area contributed by atoms with Crippen LogP contribution in [0.1, 0.15) is 67.4 Å². The van der Waals surface area contributed by atoms with Crippen molar-refractivity contribution in [1.82, 2.24) is 0 Å². The van der Waals surface area contributed by atoms with E-state index in [9.17, 15) is 9.90 Å². The molecule has 2 aliphatic rings. The van der Waals surface area contributed by atoms with Crippen LogP contribution in [0.4, 0.5) is 5.69 Å². The summed E-state index contributed by atoms with van der Waals surface area (Å²) in [6, 6.07) is 2.16. The van der Waals surface area contributed by atoms with Gasteiger partial charge in [0.2, 0.25) is 0 Å². The highest BCUT2D eigenvalue weighted by atomic mass is 32.1. The lowest BCUT2D eigenvalue weighted by atomic mass is 9.92. The molecule has 1 aromatic rings. The zero-order valence-electron chi connectivity index (χ0n) is 16.3. The molecule has 2 N–H and O–H groups in total. The van der Waals surface area contributed by atoms with Crippen LogP contribution in [0.2, 0.25) is 0 Å². The van der Waals surface area contributed by atoms with Crippen molar-refractivity contribution in [2.75, 3.05) is 18.5 Å². The fourth-order valence-corrected chi connectivity index (χ4v) is 4.24. The third-order valence-corrected chi connectivity index (χ3v) is 5.83. The Balaban J connectivity index is 1.59. The van der Waals surface area contributed by atoms with E-state index in [0.717, 1.165) is 43.6 Å². The average molecular weight is 392 g/mol. The van der Waals surface area contributed by atoms with Crippen LogP contribution < -0.4 is 5.32 Å². The maximum Gasteiger partial charge on any atom is 0.348 e. The topological polar surface area (TPSA) is 67.8 Å². The number of nitrogens with one attached hydrogen (secondary N) is 1. The van der Waals surface area contributed by atoms with E-state index in [-0.39, 0.29) is 17.6 Å². The van der Waals surface area contributed by atoms with Crippen LogP contribution in [0.25, 0.3) is 0 Å². The summed E-state index contributed by atoms with van der Waals surface area (Å²) in [6.07, 6.45) is 5.50. The molecule has 2 fully saturated rings. The lowest BCUT2D eigenvalue weighted by molar-refractivity contribution is -0.0331. The number of aromatic carboxylic acids is 1. The summed E-state index contributed by atoms with van der Waals surface area (Å²) in [6.45, 7) is 7.65. The molecular formula is C21H29NO4S. The Morgan fingerprint density at radius 1 is 1.26 bits per heavy atom. The molecule has 2 heterocycles. The molecule has 1 saturated carbocycles. The monoisotopic (exact) mass is 391 g/mol. The van der Waals surface area contributed by atoms with Crippen LogP contribution in [0.15, 0.2) is 6.07 Å². The Bertz CT molecular complexity index is 711. The molecule has 0 bridgehead atoms. The Morgan fingerprint density at radius 3 is 2.59 bits per heavy atom. The van der Waals surface area contributed by atoms with Gasteiger partial charge in [-0.2, -0.15) is 0 Å². The first-order chi connectivity index (χ1) is 12.8. The van der Waals surface area contributed by atoms with Gasteiger partial charge >= 0.3 is 5.97 Å². The minimum atomic E-state index is -0.899. The molecule has 1 atom stereocenters. The van der Waals surface area contributed by atoms with E-state index in [2.05, 4.69) is 17.2 Å². The van der Waals surface area contributed by atoms with E-state index in [1.54, 1.807) is 0 Å². The van der Waals surface area contributed by atoms with Crippen molar-refractivity contribution in [2.24, 2.45) is 5.41 Å². The van der Waals surface area contributed by atoms with E-state index >= 15 is 0 Å². The van der Waals surface area contributed by atoms with Crippen LogP contribution >= 0.6 is 11.3 Å². The number of rotatable bonds is 5. The molecule has 0 radical (unpaired) electrons. The van der Waals surface area contributed by atoms with E-state index in [0.29, 0.717) is 23.3 Å². The van der Waals surface area contributed by atoms with Gasteiger partial charge < -0.3 is 19.9 Å². The molecule has 1 aliphatic carbocycles. The number of carboxylic acid groups (broad SMARTS) is 1. The van der Waals surface area contributed by atoms with Gasteiger partial charge in [0.25, 0.3) is 0 Å². The van der Waals surface area contributed by atoms with E-state index in [1.165, 1.54) is 11.3 Å². The smallest absolute Gasteiger partial charge is 0.348 e. The van der Waals surface area contributed by atoms with Crippen molar-refractivity contribution >= 4 is 23.0 Å². The standard InChI is InChI=1S/C21H29NO4S/c1-21(2,3)10-8-17-12-18(19(27-17)20(23)24)22-14-4-6-15(7-5-14)26-16-9-11-25-13-16/h12,14-16,22H,4-7,9,11,13H2,1-3H3,(H,23,24)/t14?,15?,16-/m1/s1. The number of hydrogen-bond donors (Lipinski definition) is 2. The SMILES string of the molecule is CC(C)(C)C#Cc1cc(NC2CCC(O[C@@H]3CCOC3)CC2)c(C(=O)O)s1. The first-order valence-electron chi connectivity index (χ1n) is 9.70. The first kappa shape index (κ1) is 20.2. The largest absolute Gasteiger partial charge is 0.477 e. The number of carbonyl (C=O) groups is 1. The van der Waals surface area contributed by atoms with E-state index in [4.69, 9.17) is 9.47 Å². The summed E-state index contributed by atoms with van der Waals surface area (Å²) in [5.41, 5.74) is 0.586. The van der Waals surface area contributed by atoms with Crippen molar-refractivity contribution in [1.29, 1.82) is 0 Å². The van der Waals surface area contributed by atoms with Crippen molar-refractivity contribution < 1.29 is 19.4 Å². The summed E-state index contributed by atoms with van der Waals surface area (Å²) >= 11 is 1.24. The maximum atomic E-state index is 11.6. The molecule has 0 unspecified atom stereocenters. The molecule has 0 aromatic carbocycles. The highest BCUT2D eigenvalue weighted by Gasteiger charge is 2.27. The molecule has 148 valence electrons. The number of hydrogen-bond acceptors (Lipinski definition) is 5. The van der Waals surface area contributed by atoms with Crippen LogP contribution in [-0.2, 0) is 9.47 Å². The molecule has 27 heavy (non-hydrogen) atoms.